The molecule has 2 aromatic rings. The van der Waals surface area contributed by atoms with E-state index in [1.165, 1.54) is 11.1 Å². The third-order valence-corrected chi connectivity index (χ3v) is 3.57. The molecule has 1 unspecified atom stereocenters. The highest BCUT2D eigenvalue weighted by atomic mass is 16.5. The van der Waals surface area contributed by atoms with Gasteiger partial charge < -0.3 is 10.1 Å². The van der Waals surface area contributed by atoms with Gasteiger partial charge in [-0.15, -0.1) is 5.10 Å². The quantitative estimate of drug-likeness (QED) is 0.900. The van der Waals surface area contributed by atoms with Crippen LogP contribution in [0.15, 0.2) is 24.4 Å². The molecule has 0 saturated heterocycles. The first-order valence-electron chi connectivity index (χ1n) is 6.51. The molecule has 0 aliphatic carbocycles. The Kier molecular flexibility index (Phi) is 3.21. The average Bonchev–Trinajstić information content (AvgIpc) is 2.84. The van der Waals surface area contributed by atoms with Crippen LogP contribution < -0.4 is 10.1 Å². The van der Waals surface area contributed by atoms with Crippen molar-refractivity contribution < 1.29 is 4.74 Å². The van der Waals surface area contributed by atoms with Crippen LogP contribution in [0.1, 0.15) is 22.9 Å². The van der Waals surface area contributed by atoms with Crippen molar-refractivity contribution in [2.75, 3.05) is 13.7 Å². The highest BCUT2D eigenvalue weighted by Gasteiger charge is 2.21. The third kappa shape index (κ3) is 2.46. The fraction of sp³-hybridized carbons (Fsp3) is 0.429. The van der Waals surface area contributed by atoms with Crippen molar-refractivity contribution in [3.05, 3.63) is 41.2 Å². The largest absolute Gasteiger partial charge is 0.497 e. The molecule has 5 nitrogen and oxygen atoms in total. The van der Waals surface area contributed by atoms with Gasteiger partial charge in [0.05, 0.1) is 12.8 Å². The van der Waals surface area contributed by atoms with Gasteiger partial charge in [-0.2, -0.15) is 0 Å². The van der Waals surface area contributed by atoms with Gasteiger partial charge in [0, 0.05) is 25.7 Å². The molecule has 100 valence electrons. The molecule has 1 N–H and O–H groups in total. The van der Waals surface area contributed by atoms with Gasteiger partial charge in [0.2, 0.25) is 0 Å². The molecule has 1 aliphatic heterocycles. The van der Waals surface area contributed by atoms with Crippen molar-refractivity contribution in [3.63, 3.8) is 0 Å². The van der Waals surface area contributed by atoms with E-state index in [1.807, 2.05) is 19.3 Å². The maximum Gasteiger partial charge on any atom is 0.119 e. The molecule has 3 rings (SSSR count). The lowest BCUT2D eigenvalue weighted by atomic mass is 9.91. The number of hydrogen-bond acceptors (Lipinski definition) is 4. The Bertz CT molecular complexity index is 579. The van der Waals surface area contributed by atoms with E-state index in [0.29, 0.717) is 6.04 Å². The Balaban J connectivity index is 1.85. The predicted molar refractivity (Wildman–Crippen MR) is 72.1 cm³/mol. The van der Waals surface area contributed by atoms with Gasteiger partial charge in [-0.05, 0) is 36.2 Å². The van der Waals surface area contributed by atoms with Gasteiger partial charge >= 0.3 is 0 Å². The number of benzene rings is 1. The highest BCUT2D eigenvalue weighted by molar-refractivity contribution is 5.39. The van der Waals surface area contributed by atoms with Crippen LogP contribution in [-0.2, 0) is 19.9 Å². The first-order valence-corrected chi connectivity index (χ1v) is 6.51. The second-order valence-corrected chi connectivity index (χ2v) is 4.91. The Morgan fingerprint density at radius 3 is 3.11 bits per heavy atom. The van der Waals surface area contributed by atoms with E-state index in [0.717, 1.165) is 30.8 Å². The van der Waals surface area contributed by atoms with Crippen LogP contribution in [0.3, 0.4) is 0 Å². The summed E-state index contributed by atoms with van der Waals surface area (Å²) in [5.41, 5.74) is 3.73. The van der Waals surface area contributed by atoms with E-state index in [-0.39, 0.29) is 0 Å². The molecule has 2 heterocycles. The van der Waals surface area contributed by atoms with E-state index in [1.54, 1.807) is 11.8 Å². The third-order valence-electron chi connectivity index (χ3n) is 3.57. The highest BCUT2D eigenvalue weighted by Crippen LogP contribution is 2.28. The van der Waals surface area contributed by atoms with Gasteiger partial charge in [0.1, 0.15) is 5.75 Å². The SMILES string of the molecule is COc1ccc2c(c1)CCNC2Cc1cn(C)nn1. The number of hydrogen-bond donors (Lipinski definition) is 1. The van der Waals surface area contributed by atoms with Gasteiger partial charge in [0.15, 0.2) is 0 Å². The summed E-state index contributed by atoms with van der Waals surface area (Å²) in [6.07, 6.45) is 3.89. The maximum atomic E-state index is 5.29. The molecule has 0 radical (unpaired) electrons. The fourth-order valence-corrected chi connectivity index (χ4v) is 2.64. The molecule has 0 amide bonds. The van der Waals surface area contributed by atoms with Crippen molar-refractivity contribution in [2.24, 2.45) is 7.05 Å². The van der Waals surface area contributed by atoms with Crippen molar-refractivity contribution in [3.8, 4) is 5.75 Å². The molecular formula is C14H18N4O. The Hall–Kier alpha value is -1.88. The Labute approximate surface area is 112 Å². The van der Waals surface area contributed by atoms with E-state index < -0.39 is 0 Å². The minimum absolute atomic E-state index is 0.311. The number of nitrogens with one attached hydrogen (secondary N) is 1. The molecule has 0 bridgehead atoms. The summed E-state index contributed by atoms with van der Waals surface area (Å²) in [6.45, 7) is 0.991. The van der Waals surface area contributed by atoms with Crippen molar-refractivity contribution >= 4 is 0 Å². The summed E-state index contributed by atoms with van der Waals surface area (Å²) < 4.78 is 7.03. The molecule has 1 aliphatic rings. The van der Waals surface area contributed by atoms with E-state index in [4.69, 9.17) is 4.74 Å². The number of fused-ring (bicyclic) bond motifs is 1. The summed E-state index contributed by atoms with van der Waals surface area (Å²) in [6, 6.07) is 6.63. The number of aryl methyl sites for hydroxylation is 1. The lowest BCUT2D eigenvalue weighted by Crippen LogP contribution is -2.31. The molecule has 5 heteroatoms. The number of aromatic nitrogens is 3. The zero-order chi connectivity index (χ0) is 13.2. The zero-order valence-corrected chi connectivity index (χ0v) is 11.3. The second-order valence-electron chi connectivity index (χ2n) is 4.91. The molecule has 0 saturated carbocycles. The summed E-state index contributed by atoms with van der Waals surface area (Å²) in [4.78, 5) is 0. The molecule has 19 heavy (non-hydrogen) atoms. The maximum absolute atomic E-state index is 5.29. The first-order chi connectivity index (χ1) is 9.26. The van der Waals surface area contributed by atoms with Crippen LogP contribution in [0.5, 0.6) is 5.75 Å². The summed E-state index contributed by atoms with van der Waals surface area (Å²) >= 11 is 0. The zero-order valence-electron chi connectivity index (χ0n) is 11.3. The minimum atomic E-state index is 0.311. The number of rotatable bonds is 3. The van der Waals surface area contributed by atoms with Crippen LogP contribution in [0, 0.1) is 0 Å². The average molecular weight is 258 g/mol. The molecular weight excluding hydrogens is 240 g/mol. The molecule has 1 aromatic heterocycles. The van der Waals surface area contributed by atoms with Gasteiger partial charge in [-0.3, -0.25) is 4.68 Å². The van der Waals surface area contributed by atoms with Crippen molar-refractivity contribution in [1.29, 1.82) is 0 Å². The van der Waals surface area contributed by atoms with Crippen LogP contribution in [-0.4, -0.2) is 28.6 Å². The van der Waals surface area contributed by atoms with Gasteiger partial charge in [-0.1, -0.05) is 11.3 Å². The number of ether oxygens (including phenoxy) is 1. The summed E-state index contributed by atoms with van der Waals surface area (Å²) in [5.74, 6) is 0.930. The van der Waals surface area contributed by atoms with Crippen molar-refractivity contribution in [2.45, 2.75) is 18.9 Å². The molecule has 0 spiro atoms. The van der Waals surface area contributed by atoms with Crippen LogP contribution >= 0.6 is 0 Å². The number of nitrogens with zero attached hydrogens (tertiary/aromatic N) is 3. The smallest absolute Gasteiger partial charge is 0.119 e. The number of methoxy groups -OCH3 is 1. The van der Waals surface area contributed by atoms with E-state index >= 15 is 0 Å². The minimum Gasteiger partial charge on any atom is -0.497 e. The topological polar surface area (TPSA) is 52.0 Å². The summed E-state index contributed by atoms with van der Waals surface area (Å²) in [5, 5.41) is 11.7. The fourth-order valence-electron chi connectivity index (χ4n) is 2.64. The predicted octanol–water partition coefficient (Wildman–Crippen LogP) is 1.25. The van der Waals surface area contributed by atoms with E-state index in [2.05, 4.69) is 27.8 Å². The van der Waals surface area contributed by atoms with Gasteiger partial charge in [0.25, 0.3) is 0 Å². The molecule has 1 aromatic carbocycles. The Morgan fingerprint density at radius 1 is 1.47 bits per heavy atom. The van der Waals surface area contributed by atoms with Crippen LogP contribution in [0.4, 0.5) is 0 Å². The second kappa shape index (κ2) is 5.01. The standard InChI is InChI=1S/C14H18N4O/c1-18-9-11(16-17-18)8-14-13-4-3-12(19-2)7-10(13)5-6-15-14/h3-4,7,9,14-15H,5-6,8H2,1-2H3. The lowest BCUT2D eigenvalue weighted by Gasteiger charge is -2.26. The van der Waals surface area contributed by atoms with E-state index in [9.17, 15) is 0 Å². The van der Waals surface area contributed by atoms with Crippen molar-refractivity contribution in [1.82, 2.24) is 20.3 Å². The summed E-state index contributed by atoms with van der Waals surface area (Å²) in [7, 11) is 3.60. The van der Waals surface area contributed by atoms with Gasteiger partial charge in [-0.25, -0.2) is 0 Å². The lowest BCUT2D eigenvalue weighted by molar-refractivity contribution is 0.412. The normalized spacial score (nSPS) is 18.1. The first kappa shape index (κ1) is 12.2. The monoisotopic (exact) mass is 258 g/mol. The molecule has 0 fully saturated rings. The van der Waals surface area contributed by atoms with Crippen LogP contribution in [0.2, 0.25) is 0 Å². The molecule has 1 atom stereocenters. The Morgan fingerprint density at radius 2 is 2.37 bits per heavy atom. The van der Waals surface area contributed by atoms with Crippen LogP contribution in [0.25, 0.3) is 0 Å².